The fourth-order valence-electron chi connectivity index (χ4n) is 3.11. The van der Waals surface area contributed by atoms with Crippen LogP contribution in [0, 0.1) is 5.92 Å². The Morgan fingerprint density at radius 1 is 1.29 bits per heavy atom. The molecule has 5 nitrogen and oxygen atoms in total. The normalized spacial score (nSPS) is 15.6. The van der Waals surface area contributed by atoms with Crippen molar-refractivity contribution in [1.82, 2.24) is 14.9 Å². The Labute approximate surface area is 123 Å². The van der Waals surface area contributed by atoms with Crippen LogP contribution in [0.25, 0.3) is 11.0 Å². The maximum Gasteiger partial charge on any atom is 0.326 e. The smallest absolute Gasteiger partial charge is 0.326 e. The van der Waals surface area contributed by atoms with Crippen molar-refractivity contribution in [3.8, 4) is 0 Å². The van der Waals surface area contributed by atoms with Crippen LogP contribution in [0.4, 0.5) is 0 Å². The van der Waals surface area contributed by atoms with E-state index in [1.54, 1.807) is 4.57 Å². The number of aromatic amines is 1. The van der Waals surface area contributed by atoms with Crippen LogP contribution in [-0.2, 0) is 11.3 Å². The minimum Gasteiger partial charge on any atom is -0.356 e. The quantitative estimate of drug-likeness (QED) is 0.826. The fourth-order valence-corrected chi connectivity index (χ4v) is 3.11. The van der Waals surface area contributed by atoms with Gasteiger partial charge in [0, 0.05) is 19.0 Å². The highest BCUT2D eigenvalue weighted by atomic mass is 16.2. The minimum absolute atomic E-state index is 0.0849. The Balaban J connectivity index is 1.54. The monoisotopic (exact) mass is 287 g/mol. The average Bonchev–Trinajstić information content (AvgIpc) is 3.11. The van der Waals surface area contributed by atoms with Crippen LogP contribution < -0.4 is 11.0 Å². The summed E-state index contributed by atoms with van der Waals surface area (Å²) in [4.78, 5) is 26.6. The SMILES string of the molecule is O=C(NCCCn1c(=O)[nH]c2ccccc21)C1CCCC1. The Hall–Kier alpha value is -2.04. The number of fused-ring (bicyclic) bond motifs is 1. The number of nitrogens with one attached hydrogen (secondary N) is 2. The van der Waals surface area contributed by atoms with Crippen molar-refractivity contribution in [1.29, 1.82) is 0 Å². The van der Waals surface area contributed by atoms with Crippen LogP contribution in [-0.4, -0.2) is 22.0 Å². The lowest BCUT2D eigenvalue weighted by Gasteiger charge is -2.10. The molecule has 1 aliphatic carbocycles. The highest BCUT2D eigenvalue weighted by Gasteiger charge is 2.21. The molecule has 1 aromatic heterocycles. The number of carbonyl (C=O) groups excluding carboxylic acids is 1. The van der Waals surface area contributed by atoms with E-state index in [-0.39, 0.29) is 17.5 Å². The van der Waals surface area contributed by atoms with Gasteiger partial charge in [-0.05, 0) is 31.4 Å². The summed E-state index contributed by atoms with van der Waals surface area (Å²) in [5, 5.41) is 2.99. The highest BCUT2D eigenvalue weighted by Crippen LogP contribution is 2.24. The second-order valence-corrected chi connectivity index (χ2v) is 5.72. The molecule has 0 saturated heterocycles. The Morgan fingerprint density at radius 3 is 2.86 bits per heavy atom. The maximum atomic E-state index is 11.9. The summed E-state index contributed by atoms with van der Waals surface area (Å²) in [5.74, 6) is 0.389. The van der Waals surface area contributed by atoms with E-state index in [0.29, 0.717) is 13.1 Å². The van der Waals surface area contributed by atoms with Crippen molar-refractivity contribution < 1.29 is 4.79 Å². The zero-order valence-electron chi connectivity index (χ0n) is 12.1. The van der Waals surface area contributed by atoms with E-state index < -0.39 is 0 Å². The molecule has 1 saturated carbocycles. The molecule has 1 fully saturated rings. The summed E-state index contributed by atoms with van der Waals surface area (Å²) in [7, 11) is 0. The van der Waals surface area contributed by atoms with Crippen molar-refractivity contribution in [2.75, 3.05) is 6.54 Å². The lowest BCUT2D eigenvalue weighted by atomic mass is 10.1. The molecule has 2 N–H and O–H groups in total. The van der Waals surface area contributed by atoms with Crippen molar-refractivity contribution in [2.45, 2.75) is 38.6 Å². The van der Waals surface area contributed by atoms with Crippen LogP contribution in [0.5, 0.6) is 0 Å². The van der Waals surface area contributed by atoms with Gasteiger partial charge in [0.1, 0.15) is 0 Å². The molecule has 1 amide bonds. The molecule has 1 heterocycles. The summed E-state index contributed by atoms with van der Waals surface area (Å²) in [5.41, 5.74) is 1.69. The molecule has 0 aliphatic heterocycles. The van der Waals surface area contributed by atoms with Crippen LogP contribution >= 0.6 is 0 Å². The third kappa shape index (κ3) is 3.01. The molecule has 1 aliphatic rings. The maximum absolute atomic E-state index is 11.9. The minimum atomic E-state index is -0.0849. The number of para-hydroxylation sites is 2. The molecule has 0 spiro atoms. The topological polar surface area (TPSA) is 66.9 Å². The average molecular weight is 287 g/mol. The van der Waals surface area contributed by atoms with Crippen LogP contribution in [0.15, 0.2) is 29.1 Å². The molecule has 0 atom stereocenters. The van der Waals surface area contributed by atoms with Gasteiger partial charge in [-0.2, -0.15) is 0 Å². The molecule has 0 bridgehead atoms. The molecule has 2 aromatic rings. The number of imidazole rings is 1. The predicted molar refractivity (Wildman–Crippen MR) is 82.1 cm³/mol. The van der Waals surface area contributed by atoms with E-state index in [1.165, 1.54) is 12.8 Å². The molecule has 5 heteroatoms. The molecule has 3 rings (SSSR count). The number of carbonyl (C=O) groups is 1. The summed E-state index contributed by atoms with van der Waals surface area (Å²) in [6.45, 7) is 1.25. The predicted octanol–water partition coefficient (Wildman–Crippen LogP) is 2.03. The van der Waals surface area contributed by atoms with Gasteiger partial charge in [0.15, 0.2) is 0 Å². The third-order valence-electron chi connectivity index (χ3n) is 4.27. The standard InChI is InChI=1S/C16H21N3O2/c20-15(12-6-1-2-7-12)17-10-5-11-19-14-9-4-3-8-13(14)18-16(19)21/h3-4,8-9,12H,1-2,5-7,10-11H2,(H,17,20)(H,18,21). The van der Waals surface area contributed by atoms with Crippen molar-refractivity contribution in [3.63, 3.8) is 0 Å². The van der Waals surface area contributed by atoms with Crippen molar-refractivity contribution in [3.05, 3.63) is 34.7 Å². The van der Waals surface area contributed by atoms with Gasteiger partial charge in [0.2, 0.25) is 5.91 Å². The highest BCUT2D eigenvalue weighted by molar-refractivity contribution is 5.78. The number of H-pyrrole nitrogens is 1. The molecule has 112 valence electrons. The van der Waals surface area contributed by atoms with E-state index in [0.717, 1.165) is 30.3 Å². The summed E-state index contributed by atoms with van der Waals surface area (Å²) >= 11 is 0. The summed E-state index contributed by atoms with van der Waals surface area (Å²) in [6, 6.07) is 7.66. The number of amides is 1. The van der Waals surface area contributed by atoms with Gasteiger partial charge < -0.3 is 10.3 Å². The lowest BCUT2D eigenvalue weighted by Crippen LogP contribution is -2.31. The molecule has 1 aromatic carbocycles. The van der Waals surface area contributed by atoms with E-state index >= 15 is 0 Å². The van der Waals surface area contributed by atoms with Crippen LogP contribution in [0.2, 0.25) is 0 Å². The van der Waals surface area contributed by atoms with Crippen LogP contribution in [0.3, 0.4) is 0 Å². The van der Waals surface area contributed by atoms with Gasteiger partial charge in [0.05, 0.1) is 11.0 Å². The third-order valence-corrected chi connectivity index (χ3v) is 4.27. The van der Waals surface area contributed by atoms with E-state index in [2.05, 4.69) is 10.3 Å². The van der Waals surface area contributed by atoms with Gasteiger partial charge in [0.25, 0.3) is 0 Å². The molecule has 0 radical (unpaired) electrons. The van der Waals surface area contributed by atoms with Crippen LogP contribution in [0.1, 0.15) is 32.1 Å². The second-order valence-electron chi connectivity index (χ2n) is 5.72. The first-order chi connectivity index (χ1) is 10.3. The van der Waals surface area contributed by atoms with Gasteiger partial charge in [-0.15, -0.1) is 0 Å². The van der Waals surface area contributed by atoms with Gasteiger partial charge in [-0.25, -0.2) is 4.79 Å². The fraction of sp³-hybridized carbons (Fsp3) is 0.500. The van der Waals surface area contributed by atoms with E-state index in [4.69, 9.17) is 0 Å². The second kappa shape index (κ2) is 6.16. The largest absolute Gasteiger partial charge is 0.356 e. The molecule has 0 unspecified atom stereocenters. The summed E-state index contributed by atoms with van der Waals surface area (Å²) in [6.07, 6.45) is 5.15. The first kappa shape index (κ1) is 13.9. The van der Waals surface area contributed by atoms with E-state index in [9.17, 15) is 9.59 Å². The number of aryl methyl sites for hydroxylation is 1. The summed E-state index contributed by atoms with van der Waals surface area (Å²) < 4.78 is 1.73. The Kier molecular flexibility index (Phi) is 4.08. The van der Waals surface area contributed by atoms with Gasteiger partial charge in [-0.1, -0.05) is 25.0 Å². The Morgan fingerprint density at radius 2 is 2.05 bits per heavy atom. The zero-order chi connectivity index (χ0) is 14.7. The number of hydrogen-bond acceptors (Lipinski definition) is 2. The van der Waals surface area contributed by atoms with E-state index in [1.807, 2.05) is 24.3 Å². The lowest BCUT2D eigenvalue weighted by molar-refractivity contribution is -0.124. The number of benzene rings is 1. The number of nitrogens with zero attached hydrogens (tertiary/aromatic N) is 1. The molecule has 21 heavy (non-hydrogen) atoms. The first-order valence-corrected chi connectivity index (χ1v) is 7.71. The number of aromatic nitrogens is 2. The zero-order valence-corrected chi connectivity index (χ0v) is 12.1. The van der Waals surface area contributed by atoms with Gasteiger partial charge >= 0.3 is 5.69 Å². The molecular weight excluding hydrogens is 266 g/mol. The number of rotatable bonds is 5. The first-order valence-electron chi connectivity index (χ1n) is 7.71. The molecular formula is C16H21N3O2. The van der Waals surface area contributed by atoms with Crippen molar-refractivity contribution in [2.24, 2.45) is 5.92 Å². The number of hydrogen-bond donors (Lipinski definition) is 2. The Bertz CT molecular complexity index is 680. The van der Waals surface area contributed by atoms with Gasteiger partial charge in [-0.3, -0.25) is 9.36 Å². The van der Waals surface area contributed by atoms with Crippen molar-refractivity contribution >= 4 is 16.9 Å².